The average molecular weight is 436 g/mol. The fourth-order valence-corrected chi connectivity index (χ4v) is 3.79. The van der Waals surface area contributed by atoms with Crippen molar-refractivity contribution in [3.63, 3.8) is 0 Å². The molecule has 3 aromatic rings. The zero-order valence-corrected chi connectivity index (χ0v) is 18.3. The Morgan fingerprint density at radius 1 is 0.697 bits per heavy atom. The fraction of sp³-hybridized carbons (Fsp3) is 0.138. The molecule has 0 N–H and O–H groups in total. The van der Waals surface area contributed by atoms with Crippen LogP contribution in [0.25, 0.3) is 6.08 Å². The summed E-state index contributed by atoms with van der Waals surface area (Å²) in [6.07, 6.45) is 10.1. The molecule has 0 fully saturated rings. The summed E-state index contributed by atoms with van der Waals surface area (Å²) in [5.41, 5.74) is 4.77. The van der Waals surface area contributed by atoms with Crippen molar-refractivity contribution in [1.29, 1.82) is 0 Å². The van der Waals surface area contributed by atoms with Crippen LogP contribution < -0.4 is 4.90 Å². The van der Waals surface area contributed by atoms with Crippen LogP contribution in [0.4, 0.5) is 5.69 Å². The third-order valence-corrected chi connectivity index (χ3v) is 5.65. The molecule has 0 aromatic heterocycles. The van der Waals surface area contributed by atoms with Crippen LogP contribution in [-0.2, 0) is 22.4 Å². The number of rotatable bonds is 9. The number of benzene rings is 3. The molecule has 164 valence electrons. The zero-order chi connectivity index (χ0) is 23.0. The van der Waals surface area contributed by atoms with Crippen molar-refractivity contribution >= 4 is 29.4 Å². The summed E-state index contributed by atoms with van der Waals surface area (Å²) in [5, 5.41) is 0. The number of amides is 2. The lowest BCUT2D eigenvalue weighted by Crippen LogP contribution is -2.29. The van der Waals surface area contributed by atoms with E-state index in [1.807, 2.05) is 72.8 Å². The van der Waals surface area contributed by atoms with Crippen molar-refractivity contribution in [1.82, 2.24) is 0 Å². The van der Waals surface area contributed by atoms with Gasteiger partial charge in [-0.3, -0.25) is 14.4 Å². The largest absolute Gasteiger partial charge is 0.289 e. The highest BCUT2D eigenvalue weighted by Gasteiger charge is 2.24. The molecule has 0 unspecified atom stereocenters. The first-order chi connectivity index (χ1) is 16.1. The highest BCUT2D eigenvalue weighted by molar-refractivity contribution is 6.28. The minimum Gasteiger partial charge on any atom is -0.289 e. The summed E-state index contributed by atoms with van der Waals surface area (Å²) in [6.45, 7) is 0. The van der Waals surface area contributed by atoms with Crippen LogP contribution in [-0.4, -0.2) is 17.6 Å². The predicted octanol–water partition coefficient (Wildman–Crippen LogP) is 5.58. The van der Waals surface area contributed by atoms with E-state index in [2.05, 4.69) is 12.1 Å². The minimum absolute atomic E-state index is 0.00278. The van der Waals surface area contributed by atoms with Crippen molar-refractivity contribution in [2.45, 2.75) is 25.7 Å². The number of allylic oxidation sites excluding steroid dienone is 1. The van der Waals surface area contributed by atoms with E-state index in [0.29, 0.717) is 11.3 Å². The Morgan fingerprint density at radius 2 is 1.24 bits per heavy atom. The molecule has 3 aromatic carbocycles. The van der Waals surface area contributed by atoms with Crippen LogP contribution in [0.2, 0.25) is 0 Å². The van der Waals surface area contributed by atoms with Gasteiger partial charge in [-0.25, -0.2) is 4.90 Å². The molecule has 1 aliphatic rings. The first-order valence-electron chi connectivity index (χ1n) is 11.1. The molecule has 4 heteroatoms. The van der Waals surface area contributed by atoms with Gasteiger partial charge in [-0.2, -0.15) is 0 Å². The van der Waals surface area contributed by atoms with Crippen LogP contribution in [0.5, 0.6) is 0 Å². The van der Waals surface area contributed by atoms with Gasteiger partial charge in [-0.1, -0.05) is 72.8 Å². The van der Waals surface area contributed by atoms with E-state index in [0.717, 1.165) is 31.2 Å². The summed E-state index contributed by atoms with van der Waals surface area (Å²) in [7, 11) is 0. The van der Waals surface area contributed by atoms with E-state index in [9.17, 15) is 14.4 Å². The Morgan fingerprint density at radius 3 is 1.82 bits per heavy atom. The molecule has 0 atom stereocenters. The Kier molecular flexibility index (Phi) is 7.06. The quantitative estimate of drug-likeness (QED) is 0.191. The maximum atomic E-state index is 12.2. The number of carbonyl (C=O) groups is 3. The number of aryl methyl sites for hydroxylation is 2. The first-order valence-corrected chi connectivity index (χ1v) is 11.1. The standard InChI is InChI=1S/C29H25NO3/c31-27(25-8-2-1-3-9-25)19-16-24-12-10-22(11-13-24)6-4-5-7-23-14-17-26(18-15-23)30-28(32)20-21-29(30)33/h1-3,8-21H,4-7H2/b19-16+. The molecule has 0 aliphatic carbocycles. The van der Waals surface area contributed by atoms with E-state index in [4.69, 9.17) is 0 Å². The molecular weight excluding hydrogens is 410 g/mol. The summed E-state index contributed by atoms with van der Waals surface area (Å²) in [4.78, 5) is 36.9. The molecular formula is C29H25NO3. The topological polar surface area (TPSA) is 54.5 Å². The van der Waals surface area contributed by atoms with E-state index in [-0.39, 0.29) is 17.6 Å². The molecule has 0 spiro atoms. The maximum absolute atomic E-state index is 12.2. The molecule has 33 heavy (non-hydrogen) atoms. The number of anilines is 1. The fourth-order valence-electron chi connectivity index (χ4n) is 3.79. The maximum Gasteiger partial charge on any atom is 0.258 e. The lowest BCUT2D eigenvalue weighted by atomic mass is 10.0. The van der Waals surface area contributed by atoms with Crippen LogP contribution >= 0.6 is 0 Å². The van der Waals surface area contributed by atoms with Gasteiger partial charge in [0.2, 0.25) is 0 Å². The van der Waals surface area contributed by atoms with E-state index >= 15 is 0 Å². The molecule has 0 radical (unpaired) electrons. The Balaban J connectivity index is 1.22. The molecule has 0 saturated carbocycles. The smallest absolute Gasteiger partial charge is 0.258 e. The van der Waals surface area contributed by atoms with Gasteiger partial charge in [-0.05, 0) is 60.6 Å². The second-order valence-electron chi connectivity index (χ2n) is 8.02. The second kappa shape index (κ2) is 10.5. The third kappa shape index (κ3) is 5.80. The number of unbranched alkanes of at least 4 members (excludes halogenated alkanes) is 1. The van der Waals surface area contributed by atoms with Crippen molar-refractivity contribution < 1.29 is 14.4 Å². The minimum atomic E-state index is -0.294. The summed E-state index contributed by atoms with van der Waals surface area (Å²) >= 11 is 0. The van der Waals surface area contributed by atoms with Crippen molar-refractivity contribution in [2.24, 2.45) is 0 Å². The van der Waals surface area contributed by atoms with E-state index in [1.54, 1.807) is 6.08 Å². The Bertz CT molecular complexity index is 1170. The van der Waals surface area contributed by atoms with Gasteiger partial charge < -0.3 is 0 Å². The molecule has 2 amide bonds. The van der Waals surface area contributed by atoms with Gasteiger partial charge in [0.1, 0.15) is 0 Å². The van der Waals surface area contributed by atoms with Crippen molar-refractivity contribution in [2.75, 3.05) is 4.90 Å². The first kappa shape index (κ1) is 22.2. The third-order valence-electron chi connectivity index (χ3n) is 5.65. The van der Waals surface area contributed by atoms with Crippen LogP contribution in [0, 0.1) is 0 Å². The summed E-state index contributed by atoms with van der Waals surface area (Å²) in [5.74, 6) is -0.586. The number of nitrogens with zero attached hydrogens (tertiary/aromatic N) is 1. The predicted molar refractivity (Wildman–Crippen MR) is 131 cm³/mol. The highest BCUT2D eigenvalue weighted by atomic mass is 16.2. The Hall–Kier alpha value is -4.05. The molecule has 1 heterocycles. The number of imide groups is 1. The summed E-state index contributed by atoms with van der Waals surface area (Å²) in [6, 6.07) is 25.2. The average Bonchev–Trinajstić information content (AvgIpc) is 3.19. The van der Waals surface area contributed by atoms with Crippen molar-refractivity contribution in [3.8, 4) is 0 Å². The monoisotopic (exact) mass is 435 g/mol. The molecule has 1 aliphatic heterocycles. The lowest BCUT2D eigenvalue weighted by Gasteiger charge is -2.14. The van der Waals surface area contributed by atoms with Gasteiger partial charge in [0.15, 0.2) is 5.78 Å². The number of ketones is 1. The van der Waals surface area contributed by atoms with Gasteiger partial charge in [0.05, 0.1) is 5.69 Å². The Labute approximate surface area is 193 Å². The zero-order valence-electron chi connectivity index (χ0n) is 18.3. The molecule has 0 saturated heterocycles. The summed E-state index contributed by atoms with van der Waals surface area (Å²) < 4.78 is 0. The highest BCUT2D eigenvalue weighted by Crippen LogP contribution is 2.20. The van der Waals surface area contributed by atoms with Crippen molar-refractivity contribution in [3.05, 3.63) is 119 Å². The van der Waals surface area contributed by atoms with Gasteiger partial charge >= 0.3 is 0 Å². The second-order valence-corrected chi connectivity index (χ2v) is 8.02. The van der Waals surface area contributed by atoms with Crippen LogP contribution in [0.15, 0.2) is 97.1 Å². The molecule has 4 rings (SSSR count). The number of carbonyl (C=O) groups excluding carboxylic acids is 3. The molecule has 4 nitrogen and oxygen atoms in total. The van der Waals surface area contributed by atoms with Gasteiger partial charge in [-0.15, -0.1) is 0 Å². The van der Waals surface area contributed by atoms with E-state index in [1.165, 1.54) is 28.2 Å². The number of hydrogen-bond donors (Lipinski definition) is 0. The van der Waals surface area contributed by atoms with Gasteiger partial charge in [0.25, 0.3) is 11.8 Å². The molecule has 0 bridgehead atoms. The van der Waals surface area contributed by atoms with Crippen LogP contribution in [0.1, 0.15) is 39.9 Å². The van der Waals surface area contributed by atoms with E-state index < -0.39 is 0 Å². The SMILES string of the molecule is O=C(/C=C/c1ccc(CCCCc2ccc(N3C(=O)C=CC3=O)cc2)cc1)c1ccccc1. The number of hydrogen-bond acceptors (Lipinski definition) is 3. The van der Waals surface area contributed by atoms with Crippen LogP contribution in [0.3, 0.4) is 0 Å². The lowest BCUT2D eigenvalue weighted by molar-refractivity contribution is -0.119. The normalized spacial score (nSPS) is 13.3. The van der Waals surface area contributed by atoms with Gasteiger partial charge in [0, 0.05) is 17.7 Å².